The molecule has 3 nitrogen and oxygen atoms in total. The van der Waals surface area contributed by atoms with Crippen LogP contribution < -0.4 is 5.73 Å². The molecule has 1 aromatic heterocycles. The van der Waals surface area contributed by atoms with Crippen molar-refractivity contribution in [2.24, 2.45) is 5.73 Å². The number of para-hydroxylation sites is 2. The van der Waals surface area contributed by atoms with Gasteiger partial charge in [0.2, 0.25) is 0 Å². The van der Waals surface area contributed by atoms with Crippen LogP contribution in [0.25, 0.3) is 11.1 Å². The van der Waals surface area contributed by atoms with E-state index in [9.17, 15) is 0 Å². The predicted molar refractivity (Wildman–Crippen MR) is 81.9 cm³/mol. The van der Waals surface area contributed by atoms with Crippen LogP contribution in [0, 0.1) is 0 Å². The second-order valence-electron chi connectivity index (χ2n) is 4.87. The minimum atomic E-state index is 0.186. The molecule has 0 saturated heterocycles. The lowest BCUT2D eigenvalue weighted by Crippen LogP contribution is -2.17. The first-order valence-corrected chi connectivity index (χ1v) is 7.40. The number of hydrogen-bond acceptors (Lipinski definition) is 4. The topological polar surface area (TPSA) is 52.0 Å². The van der Waals surface area contributed by atoms with Crippen molar-refractivity contribution >= 4 is 22.9 Å². The fourth-order valence-corrected chi connectivity index (χ4v) is 2.81. The zero-order chi connectivity index (χ0) is 13.9. The van der Waals surface area contributed by atoms with E-state index in [4.69, 9.17) is 10.2 Å². The summed E-state index contributed by atoms with van der Waals surface area (Å²) in [6.45, 7) is 2.01. The normalized spacial score (nSPS) is 12.7. The lowest BCUT2D eigenvalue weighted by atomic mass is 10.1. The molecule has 0 aliphatic carbocycles. The Balaban J connectivity index is 1.76. The molecule has 0 aliphatic heterocycles. The lowest BCUT2D eigenvalue weighted by Gasteiger charge is -2.05. The lowest BCUT2D eigenvalue weighted by molar-refractivity contribution is 0.489. The van der Waals surface area contributed by atoms with Gasteiger partial charge in [0.15, 0.2) is 5.58 Å². The third kappa shape index (κ3) is 3.03. The van der Waals surface area contributed by atoms with Crippen LogP contribution in [-0.2, 0) is 6.42 Å². The third-order valence-electron chi connectivity index (χ3n) is 2.96. The molecule has 102 valence electrons. The van der Waals surface area contributed by atoms with Gasteiger partial charge in [-0.25, -0.2) is 4.98 Å². The number of fused-ring (bicyclic) bond motifs is 1. The van der Waals surface area contributed by atoms with Crippen LogP contribution in [0.3, 0.4) is 0 Å². The van der Waals surface area contributed by atoms with E-state index in [0.29, 0.717) is 5.22 Å². The molecule has 0 radical (unpaired) electrons. The fourth-order valence-electron chi connectivity index (χ4n) is 2.06. The zero-order valence-corrected chi connectivity index (χ0v) is 12.1. The molecule has 0 bridgehead atoms. The summed E-state index contributed by atoms with van der Waals surface area (Å²) in [7, 11) is 0. The number of nitrogens with zero attached hydrogens (tertiary/aromatic N) is 1. The van der Waals surface area contributed by atoms with E-state index in [0.717, 1.165) is 22.4 Å². The number of oxazole rings is 1. The number of aromatic nitrogens is 1. The van der Waals surface area contributed by atoms with Crippen molar-refractivity contribution in [1.82, 2.24) is 4.98 Å². The molecule has 2 aromatic carbocycles. The van der Waals surface area contributed by atoms with Gasteiger partial charge in [0.1, 0.15) is 5.52 Å². The van der Waals surface area contributed by atoms with Crippen molar-refractivity contribution in [3.63, 3.8) is 0 Å². The van der Waals surface area contributed by atoms with Gasteiger partial charge in [-0.1, -0.05) is 24.3 Å². The third-order valence-corrected chi connectivity index (χ3v) is 3.82. The van der Waals surface area contributed by atoms with Crippen LogP contribution in [0.2, 0.25) is 0 Å². The highest BCUT2D eigenvalue weighted by Gasteiger charge is 2.07. The van der Waals surface area contributed by atoms with Crippen LogP contribution in [0.15, 0.2) is 63.1 Å². The minimum absolute atomic E-state index is 0.186. The molecule has 1 heterocycles. The standard InChI is InChI=1S/C16H16N2OS/c1-11(17)10-12-6-8-13(9-7-12)20-16-18-14-4-2-3-5-15(14)19-16/h2-9,11H,10,17H2,1H3. The summed E-state index contributed by atoms with van der Waals surface area (Å²) in [6, 6.07) is 16.3. The molecular weight excluding hydrogens is 268 g/mol. The average molecular weight is 284 g/mol. The highest BCUT2D eigenvalue weighted by atomic mass is 32.2. The Kier molecular flexibility index (Phi) is 3.76. The van der Waals surface area contributed by atoms with Gasteiger partial charge < -0.3 is 10.2 Å². The predicted octanol–water partition coefficient (Wildman–Crippen LogP) is 3.87. The minimum Gasteiger partial charge on any atom is -0.431 e. The molecule has 0 fully saturated rings. The van der Waals surface area contributed by atoms with Crippen molar-refractivity contribution in [2.45, 2.75) is 29.5 Å². The van der Waals surface area contributed by atoms with E-state index in [2.05, 4.69) is 29.2 Å². The maximum absolute atomic E-state index is 5.80. The van der Waals surface area contributed by atoms with E-state index in [1.54, 1.807) is 0 Å². The summed E-state index contributed by atoms with van der Waals surface area (Å²) >= 11 is 1.53. The first kappa shape index (κ1) is 13.2. The molecule has 1 unspecified atom stereocenters. The molecule has 3 aromatic rings. The maximum Gasteiger partial charge on any atom is 0.261 e. The van der Waals surface area contributed by atoms with Crippen LogP contribution in [0.1, 0.15) is 12.5 Å². The Labute approximate surface area is 122 Å². The molecule has 0 spiro atoms. The number of nitrogens with two attached hydrogens (primary N) is 1. The van der Waals surface area contributed by atoms with Crippen LogP contribution in [0.5, 0.6) is 0 Å². The monoisotopic (exact) mass is 284 g/mol. The maximum atomic E-state index is 5.80. The van der Waals surface area contributed by atoms with E-state index in [-0.39, 0.29) is 6.04 Å². The van der Waals surface area contributed by atoms with Crippen molar-refractivity contribution in [3.8, 4) is 0 Å². The second-order valence-corrected chi connectivity index (χ2v) is 5.90. The van der Waals surface area contributed by atoms with Gasteiger partial charge in [-0.3, -0.25) is 0 Å². The first-order valence-electron chi connectivity index (χ1n) is 6.58. The molecule has 20 heavy (non-hydrogen) atoms. The molecule has 3 rings (SSSR count). The number of rotatable bonds is 4. The van der Waals surface area contributed by atoms with E-state index >= 15 is 0 Å². The molecule has 1 atom stereocenters. The summed E-state index contributed by atoms with van der Waals surface area (Å²) < 4.78 is 5.70. The van der Waals surface area contributed by atoms with E-state index in [1.165, 1.54) is 17.3 Å². The summed E-state index contributed by atoms with van der Waals surface area (Å²) in [5.74, 6) is 0. The van der Waals surface area contributed by atoms with Crippen molar-refractivity contribution in [1.29, 1.82) is 0 Å². The van der Waals surface area contributed by atoms with Gasteiger partial charge in [0, 0.05) is 10.9 Å². The highest BCUT2D eigenvalue weighted by Crippen LogP contribution is 2.29. The van der Waals surface area contributed by atoms with Gasteiger partial charge in [-0.05, 0) is 54.9 Å². The quantitative estimate of drug-likeness (QED) is 0.790. The Morgan fingerprint density at radius 2 is 1.90 bits per heavy atom. The Morgan fingerprint density at radius 3 is 2.60 bits per heavy atom. The Hall–Kier alpha value is -1.78. The molecule has 0 saturated carbocycles. The molecule has 2 N–H and O–H groups in total. The van der Waals surface area contributed by atoms with Gasteiger partial charge in [0.25, 0.3) is 5.22 Å². The molecule has 4 heteroatoms. The van der Waals surface area contributed by atoms with Crippen molar-refractivity contribution in [3.05, 3.63) is 54.1 Å². The van der Waals surface area contributed by atoms with E-state index < -0.39 is 0 Å². The van der Waals surface area contributed by atoms with Crippen molar-refractivity contribution in [2.75, 3.05) is 0 Å². The van der Waals surface area contributed by atoms with Gasteiger partial charge >= 0.3 is 0 Å². The summed E-state index contributed by atoms with van der Waals surface area (Å²) in [4.78, 5) is 5.57. The largest absolute Gasteiger partial charge is 0.431 e. The average Bonchev–Trinajstić information content (AvgIpc) is 2.82. The SMILES string of the molecule is CC(N)Cc1ccc(Sc2nc3ccccc3o2)cc1. The van der Waals surface area contributed by atoms with Crippen LogP contribution in [-0.4, -0.2) is 11.0 Å². The van der Waals surface area contributed by atoms with Crippen LogP contribution in [0.4, 0.5) is 0 Å². The molecular formula is C16H16N2OS. The Bertz CT molecular complexity index is 671. The summed E-state index contributed by atoms with van der Waals surface area (Å²) in [5.41, 5.74) is 8.77. The number of hydrogen-bond donors (Lipinski definition) is 1. The summed E-state index contributed by atoms with van der Waals surface area (Å²) in [5, 5.41) is 0.672. The first-order chi connectivity index (χ1) is 9.70. The second kappa shape index (κ2) is 5.69. The molecule has 0 aliphatic rings. The van der Waals surface area contributed by atoms with Gasteiger partial charge in [-0.15, -0.1) is 0 Å². The van der Waals surface area contributed by atoms with Crippen molar-refractivity contribution < 1.29 is 4.42 Å². The fraction of sp³-hybridized carbons (Fsp3) is 0.188. The van der Waals surface area contributed by atoms with Crippen LogP contribution >= 0.6 is 11.8 Å². The zero-order valence-electron chi connectivity index (χ0n) is 11.2. The summed E-state index contributed by atoms with van der Waals surface area (Å²) in [6.07, 6.45) is 0.897. The molecule has 0 amide bonds. The van der Waals surface area contributed by atoms with Gasteiger partial charge in [0.05, 0.1) is 0 Å². The van der Waals surface area contributed by atoms with Gasteiger partial charge in [-0.2, -0.15) is 0 Å². The highest BCUT2D eigenvalue weighted by molar-refractivity contribution is 7.99. The smallest absolute Gasteiger partial charge is 0.261 e. The number of benzene rings is 2. The Morgan fingerprint density at radius 1 is 1.15 bits per heavy atom. The van der Waals surface area contributed by atoms with E-state index in [1.807, 2.05) is 31.2 Å².